The molecule has 0 amide bonds. The monoisotopic (exact) mass is 274 g/mol. The van der Waals surface area contributed by atoms with Gasteiger partial charge in [-0.2, -0.15) is 0 Å². The van der Waals surface area contributed by atoms with E-state index < -0.39 is 0 Å². The third-order valence-electron chi connectivity index (χ3n) is 2.85. The molecule has 0 atom stereocenters. The molecule has 0 radical (unpaired) electrons. The highest BCUT2D eigenvalue weighted by Gasteiger charge is 2.06. The molecule has 0 saturated heterocycles. The van der Waals surface area contributed by atoms with Crippen molar-refractivity contribution in [3.05, 3.63) is 58.6 Å². The number of benzene rings is 2. The average molecular weight is 275 g/mol. The molecule has 3 heteroatoms. The summed E-state index contributed by atoms with van der Waals surface area (Å²) in [6.07, 6.45) is 0.744. The van der Waals surface area contributed by atoms with Gasteiger partial charge in [0.15, 0.2) is 6.29 Å². The van der Waals surface area contributed by atoms with Crippen LogP contribution in [0.3, 0.4) is 0 Å². The van der Waals surface area contributed by atoms with Crippen LogP contribution in [0.1, 0.15) is 35.7 Å². The van der Waals surface area contributed by atoms with Crippen molar-refractivity contribution in [1.82, 2.24) is 0 Å². The summed E-state index contributed by atoms with van der Waals surface area (Å²) in [5.74, 6) is 1.66. The van der Waals surface area contributed by atoms with E-state index in [0.29, 0.717) is 22.3 Å². The summed E-state index contributed by atoms with van der Waals surface area (Å²) >= 11 is 5.85. The van der Waals surface area contributed by atoms with Gasteiger partial charge in [0.2, 0.25) is 0 Å². The summed E-state index contributed by atoms with van der Waals surface area (Å²) in [4.78, 5) is 11.0. The molecule has 0 spiro atoms. The summed E-state index contributed by atoms with van der Waals surface area (Å²) < 4.78 is 5.76. The van der Waals surface area contributed by atoms with Crippen molar-refractivity contribution in [2.24, 2.45) is 0 Å². The zero-order valence-electron chi connectivity index (χ0n) is 10.9. The highest BCUT2D eigenvalue weighted by Crippen LogP contribution is 2.28. The van der Waals surface area contributed by atoms with Crippen LogP contribution in [0.2, 0.25) is 5.02 Å². The van der Waals surface area contributed by atoms with Gasteiger partial charge >= 0.3 is 0 Å². The van der Waals surface area contributed by atoms with E-state index in [9.17, 15) is 4.79 Å². The smallest absolute Gasteiger partial charge is 0.153 e. The van der Waals surface area contributed by atoms with Gasteiger partial charge in [0.1, 0.15) is 11.5 Å². The molecular weight excluding hydrogens is 260 g/mol. The van der Waals surface area contributed by atoms with E-state index in [1.54, 1.807) is 18.2 Å². The van der Waals surface area contributed by atoms with Crippen molar-refractivity contribution in [3.63, 3.8) is 0 Å². The van der Waals surface area contributed by atoms with Crippen LogP contribution < -0.4 is 4.74 Å². The molecule has 0 fully saturated rings. The van der Waals surface area contributed by atoms with Gasteiger partial charge in [-0.15, -0.1) is 0 Å². The third-order valence-corrected chi connectivity index (χ3v) is 3.09. The Balaban J connectivity index is 2.30. The molecule has 0 aromatic heterocycles. The summed E-state index contributed by atoms with van der Waals surface area (Å²) in [6.45, 7) is 4.25. The largest absolute Gasteiger partial charge is 0.457 e. The Bertz CT molecular complexity index is 591. The van der Waals surface area contributed by atoms with E-state index in [4.69, 9.17) is 16.3 Å². The minimum absolute atomic E-state index is 0.430. The lowest BCUT2D eigenvalue weighted by molar-refractivity contribution is 0.112. The Morgan fingerprint density at radius 2 is 1.95 bits per heavy atom. The number of rotatable bonds is 4. The van der Waals surface area contributed by atoms with Gasteiger partial charge in [0.05, 0.1) is 5.56 Å². The normalized spacial score (nSPS) is 10.5. The maximum absolute atomic E-state index is 11.0. The molecule has 98 valence electrons. The molecule has 2 aromatic carbocycles. The van der Waals surface area contributed by atoms with Crippen LogP contribution in [0.25, 0.3) is 0 Å². The Morgan fingerprint density at radius 3 is 2.63 bits per heavy atom. The van der Waals surface area contributed by atoms with E-state index in [-0.39, 0.29) is 0 Å². The molecule has 0 aliphatic rings. The lowest BCUT2D eigenvalue weighted by Gasteiger charge is -2.11. The third kappa shape index (κ3) is 3.36. The second kappa shape index (κ2) is 5.89. The first-order valence-electron chi connectivity index (χ1n) is 6.12. The number of hydrogen-bond acceptors (Lipinski definition) is 2. The average Bonchev–Trinajstić information content (AvgIpc) is 2.41. The molecule has 2 rings (SSSR count). The van der Waals surface area contributed by atoms with Gasteiger partial charge in [-0.25, -0.2) is 0 Å². The molecule has 0 N–H and O–H groups in total. The number of halogens is 1. The van der Waals surface area contributed by atoms with E-state index in [0.717, 1.165) is 12.0 Å². The molecule has 2 nitrogen and oxygen atoms in total. The maximum atomic E-state index is 11.0. The number of carbonyl (C=O) groups excluding carboxylic acids is 1. The van der Waals surface area contributed by atoms with Crippen molar-refractivity contribution >= 4 is 17.9 Å². The summed E-state index contributed by atoms with van der Waals surface area (Å²) in [5, 5.41) is 0.519. The van der Waals surface area contributed by atoms with E-state index in [2.05, 4.69) is 19.9 Å². The SMILES string of the molecule is CC(C)c1cccc(Oc2ccc(Cl)cc2C=O)c1. The van der Waals surface area contributed by atoms with Crippen LogP contribution in [0.4, 0.5) is 0 Å². The molecular formula is C16H15ClO2. The molecule has 2 aromatic rings. The van der Waals surface area contributed by atoms with Gasteiger partial charge in [0, 0.05) is 5.02 Å². The standard InChI is InChI=1S/C16H15ClO2/c1-11(2)12-4-3-5-15(9-12)19-16-7-6-14(17)8-13(16)10-18/h3-11H,1-2H3. The first-order valence-corrected chi connectivity index (χ1v) is 6.50. The van der Waals surface area contributed by atoms with Crippen LogP contribution >= 0.6 is 11.6 Å². The van der Waals surface area contributed by atoms with Crippen LogP contribution in [0.5, 0.6) is 11.5 Å². The fourth-order valence-corrected chi connectivity index (χ4v) is 1.95. The van der Waals surface area contributed by atoms with Gasteiger partial charge in [0.25, 0.3) is 0 Å². The van der Waals surface area contributed by atoms with E-state index in [1.165, 1.54) is 5.56 Å². The lowest BCUT2D eigenvalue weighted by atomic mass is 10.0. The molecule has 0 aliphatic carbocycles. The predicted molar refractivity (Wildman–Crippen MR) is 77.4 cm³/mol. The number of ether oxygens (including phenoxy) is 1. The van der Waals surface area contributed by atoms with Crippen LogP contribution in [-0.2, 0) is 0 Å². The second-order valence-electron chi connectivity index (χ2n) is 4.63. The van der Waals surface area contributed by atoms with Crippen molar-refractivity contribution < 1.29 is 9.53 Å². The first kappa shape index (κ1) is 13.6. The number of aldehydes is 1. The van der Waals surface area contributed by atoms with Crippen molar-refractivity contribution in [2.75, 3.05) is 0 Å². The number of hydrogen-bond donors (Lipinski definition) is 0. The molecule has 0 unspecified atom stereocenters. The molecule has 0 bridgehead atoms. The highest BCUT2D eigenvalue weighted by atomic mass is 35.5. The molecule has 0 aliphatic heterocycles. The Morgan fingerprint density at radius 1 is 1.16 bits per heavy atom. The first-order chi connectivity index (χ1) is 9.10. The summed E-state index contributed by atoms with van der Waals surface area (Å²) in [7, 11) is 0. The summed E-state index contributed by atoms with van der Waals surface area (Å²) in [6, 6.07) is 12.9. The Hall–Kier alpha value is -1.80. The van der Waals surface area contributed by atoms with Gasteiger partial charge in [-0.3, -0.25) is 4.79 Å². The van der Waals surface area contributed by atoms with E-state index in [1.807, 2.05) is 18.2 Å². The maximum Gasteiger partial charge on any atom is 0.153 e. The Labute approximate surface area is 118 Å². The number of carbonyl (C=O) groups is 1. The van der Waals surface area contributed by atoms with Crippen LogP contribution in [-0.4, -0.2) is 6.29 Å². The lowest BCUT2D eigenvalue weighted by Crippen LogP contribution is -1.92. The van der Waals surface area contributed by atoms with Gasteiger partial charge in [-0.05, 0) is 41.8 Å². The zero-order valence-corrected chi connectivity index (χ0v) is 11.6. The minimum Gasteiger partial charge on any atom is -0.457 e. The van der Waals surface area contributed by atoms with Gasteiger partial charge < -0.3 is 4.74 Å². The van der Waals surface area contributed by atoms with Crippen molar-refractivity contribution in [2.45, 2.75) is 19.8 Å². The van der Waals surface area contributed by atoms with Crippen molar-refractivity contribution in [3.8, 4) is 11.5 Å². The zero-order chi connectivity index (χ0) is 13.8. The predicted octanol–water partition coefficient (Wildman–Crippen LogP) is 5.07. The molecule has 0 heterocycles. The van der Waals surface area contributed by atoms with Gasteiger partial charge in [-0.1, -0.05) is 37.6 Å². The fourth-order valence-electron chi connectivity index (χ4n) is 1.77. The quantitative estimate of drug-likeness (QED) is 0.728. The summed E-state index contributed by atoms with van der Waals surface area (Å²) in [5.41, 5.74) is 1.64. The molecule has 19 heavy (non-hydrogen) atoms. The van der Waals surface area contributed by atoms with Crippen molar-refractivity contribution in [1.29, 1.82) is 0 Å². The van der Waals surface area contributed by atoms with Crippen LogP contribution in [0.15, 0.2) is 42.5 Å². The Kier molecular flexibility index (Phi) is 4.23. The highest BCUT2D eigenvalue weighted by molar-refractivity contribution is 6.30. The fraction of sp³-hybridized carbons (Fsp3) is 0.188. The molecule has 0 saturated carbocycles. The van der Waals surface area contributed by atoms with E-state index >= 15 is 0 Å². The van der Waals surface area contributed by atoms with Crippen LogP contribution in [0, 0.1) is 0 Å². The second-order valence-corrected chi connectivity index (χ2v) is 5.07. The topological polar surface area (TPSA) is 26.3 Å². The minimum atomic E-state index is 0.430.